The second-order valence-corrected chi connectivity index (χ2v) is 6.72. The molecule has 3 rings (SSSR count). The van der Waals surface area contributed by atoms with Crippen LogP contribution in [-0.4, -0.2) is 18.6 Å². The molecule has 1 saturated heterocycles. The molecule has 1 aliphatic heterocycles. The first-order valence-electron chi connectivity index (χ1n) is 8.50. The summed E-state index contributed by atoms with van der Waals surface area (Å²) in [6, 6.07) is 6.59. The highest BCUT2D eigenvalue weighted by Gasteiger charge is 2.32. The maximum Gasteiger partial charge on any atom is 0.126 e. The van der Waals surface area contributed by atoms with E-state index in [1.165, 1.54) is 51.5 Å². The van der Waals surface area contributed by atoms with Gasteiger partial charge in [-0.3, -0.25) is 0 Å². The lowest BCUT2D eigenvalue weighted by atomic mass is 9.77. The number of halogens is 1. The molecule has 1 heterocycles. The minimum absolute atomic E-state index is 0.116. The Labute approximate surface area is 127 Å². The van der Waals surface area contributed by atoms with Crippen molar-refractivity contribution in [3.05, 3.63) is 29.6 Å². The van der Waals surface area contributed by atoms with Crippen LogP contribution >= 0.6 is 0 Å². The van der Waals surface area contributed by atoms with Crippen LogP contribution in [0.25, 0.3) is 0 Å². The van der Waals surface area contributed by atoms with E-state index in [0.717, 1.165) is 11.3 Å². The van der Waals surface area contributed by atoms with E-state index in [1.54, 1.807) is 6.07 Å². The molecule has 3 atom stereocenters. The van der Waals surface area contributed by atoms with Crippen molar-refractivity contribution in [3.63, 3.8) is 0 Å². The van der Waals surface area contributed by atoms with Crippen molar-refractivity contribution in [2.24, 2.45) is 5.92 Å². The van der Waals surface area contributed by atoms with Gasteiger partial charge in [0.2, 0.25) is 0 Å². The fraction of sp³-hybridized carbons (Fsp3) is 0.667. The molecule has 2 aliphatic rings. The van der Waals surface area contributed by atoms with E-state index in [1.807, 2.05) is 19.1 Å². The summed E-state index contributed by atoms with van der Waals surface area (Å²) in [4.78, 5) is 0. The van der Waals surface area contributed by atoms with Crippen LogP contribution < -0.4 is 10.6 Å². The third-order valence-electron chi connectivity index (χ3n) is 5.19. The van der Waals surface area contributed by atoms with E-state index >= 15 is 0 Å². The van der Waals surface area contributed by atoms with Crippen molar-refractivity contribution >= 4 is 5.69 Å². The summed E-state index contributed by atoms with van der Waals surface area (Å²) in [7, 11) is 0. The number of anilines is 1. The van der Waals surface area contributed by atoms with Crippen molar-refractivity contribution in [2.75, 3.05) is 11.9 Å². The van der Waals surface area contributed by atoms with Gasteiger partial charge in [-0.25, -0.2) is 4.39 Å². The van der Waals surface area contributed by atoms with Crippen LogP contribution in [0.15, 0.2) is 18.2 Å². The van der Waals surface area contributed by atoms with Gasteiger partial charge in [0.15, 0.2) is 0 Å². The fourth-order valence-corrected chi connectivity index (χ4v) is 4.01. The predicted octanol–water partition coefficient (Wildman–Crippen LogP) is 4.25. The summed E-state index contributed by atoms with van der Waals surface area (Å²) in [5.41, 5.74) is 1.80. The second kappa shape index (κ2) is 6.78. The Morgan fingerprint density at radius 1 is 1.10 bits per heavy atom. The van der Waals surface area contributed by atoms with Gasteiger partial charge < -0.3 is 10.6 Å². The van der Waals surface area contributed by atoms with Gasteiger partial charge in [-0.2, -0.15) is 0 Å². The SMILES string of the molecule is Cc1cc(NC2CCCCC2C2CCCCN2)ccc1F. The summed E-state index contributed by atoms with van der Waals surface area (Å²) >= 11 is 0. The van der Waals surface area contributed by atoms with E-state index in [-0.39, 0.29) is 5.82 Å². The largest absolute Gasteiger partial charge is 0.382 e. The lowest BCUT2D eigenvalue weighted by molar-refractivity contribution is 0.217. The lowest BCUT2D eigenvalue weighted by Crippen LogP contribution is -2.48. The minimum atomic E-state index is -0.116. The predicted molar refractivity (Wildman–Crippen MR) is 86.1 cm³/mol. The number of aryl methyl sites for hydroxylation is 1. The molecule has 1 aromatic carbocycles. The maximum atomic E-state index is 13.4. The molecular weight excluding hydrogens is 263 g/mol. The molecule has 0 bridgehead atoms. The maximum absolute atomic E-state index is 13.4. The third kappa shape index (κ3) is 3.57. The van der Waals surface area contributed by atoms with Gasteiger partial charge >= 0.3 is 0 Å². The van der Waals surface area contributed by atoms with Crippen molar-refractivity contribution in [2.45, 2.75) is 64.0 Å². The molecule has 0 aromatic heterocycles. The quantitative estimate of drug-likeness (QED) is 0.869. The molecule has 1 aliphatic carbocycles. The number of benzene rings is 1. The molecule has 2 fully saturated rings. The number of hydrogen-bond acceptors (Lipinski definition) is 2. The number of nitrogens with one attached hydrogen (secondary N) is 2. The Morgan fingerprint density at radius 2 is 1.90 bits per heavy atom. The van der Waals surface area contributed by atoms with Crippen LogP contribution in [0.1, 0.15) is 50.5 Å². The summed E-state index contributed by atoms with van der Waals surface area (Å²) in [5.74, 6) is 0.596. The summed E-state index contributed by atoms with van der Waals surface area (Å²) in [6.45, 7) is 3.01. The molecule has 0 radical (unpaired) electrons. The molecule has 0 amide bonds. The number of hydrogen-bond donors (Lipinski definition) is 2. The molecular formula is C18H27FN2. The zero-order chi connectivity index (χ0) is 14.7. The normalized spacial score (nSPS) is 30.1. The zero-order valence-corrected chi connectivity index (χ0v) is 13.0. The van der Waals surface area contributed by atoms with Crippen molar-refractivity contribution in [1.29, 1.82) is 0 Å². The Kier molecular flexibility index (Phi) is 4.79. The van der Waals surface area contributed by atoms with Crippen molar-refractivity contribution in [1.82, 2.24) is 5.32 Å². The molecule has 1 saturated carbocycles. The van der Waals surface area contributed by atoms with Crippen LogP contribution in [0.4, 0.5) is 10.1 Å². The van der Waals surface area contributed by atoms with E-state index in [2.05, 4.69) is 10.6 Å². The van der Waals surface area contributed by atoms with Gasteiger partial charge in [-0.15, -0.1) is 0 Å². The topological polar surface area (TPSA) is 24.1 Å². The van der Waals surface area contributed by atoms with Crippen molar-refractivity contribution in [3.8, 4) is 0 Å². The van der Waals surface area contributed by atoms with E-state index in [9.17, 15) is 4.39 Å². The van der Waals surface area contributed by atoms with Crippen LogP contribution in [0.5, 0.6) is 0 Å². The van der Waals surface area contributed by atoms with Gasteiger partial charge in [0.05, 0.1) is 0 Å². The first-order chi connectivity index (χ1) is 10.2. The molecule has 3 heteroatoms. The van der Waals surface area contributed by atoms with Gasteiger partial charge in [-0.1, -0.05) is 19.3 Å². The highest BCUT2D eigenvalue weighted by Crippen LogP contribution is 2.32. The zero-order valence-electron chi connectivity index (χ0n) is 13.0. The van der Waals surface area contributed by atoms with Crippen LogP contribution in [0.2, 0.25) is 0 Å². The second-order valence-electron chi connectivity index (χ2n) is 6.72. The smallest absolute Gasteiger partial charge is 0.126 e. The molecule has 1 aromatic rings. The molecule has 21 heavy (non-hydrogen) atoms. The highest BCUT2D eigenvalue weighted by atomic mass is 19.1. The van der Waals surface area contributed by atoms with E-state index in [4.69, 9.17) is 0 Å². The van der Waals surface area contributed by atoms with Crippen LogP contribution in [0.3, 0.4) is 0 Å². The Hall–Kier alpha value is -1.09. The van der Waals surface area contributed by atoms with E-state index < -0.39 is 0 Å². The summed E-state index contributed by atoms with van der Waals surface area (Å²) < 4.78 is 13.4. The van der Waals surface area contributed by atoms with E-state index in [0.29, 0.717) is 18.0 Å². The van der Waals surface area contributed by atoms with Crippen LogP contribution in [-0.2, 0) is 0 Å². The van der Waals surface area contributed by atoms with Gasteiger partial charge in [0.25, 0.3) is 0 Å². The molecule has 3 unspecified atom stereocenters. The van der Waals surface area contributed by atoms with Crippen LogP contribution in [0, 0.1) is 18.7 Å². The van der Waals surface area contributed by atoms with Gasteiger partial charge in [0, 0.05) is 17.8 Å². The Morgan fingerprint density at radius 3 is 2.67 bits per heavy atom. The third-order valence-corrected chi connectivity index (χ3v) is 5.19. The summed E-state index contributed by atoms with van der Waals surface area (Å²) in [6.07, 6.45) is 9.19. The van der Waals surface area contributed by atoms with Gasteiger partial charge in [0.1, 0.15) is 5.82 Å². The summed E-state index contributed by atoms with van der Waals surface area (Å²) in [5, 5.41) is 7.41. The monoisotopic (exact) mass is 290 g/mol. The standard InChI is InChI=1S/C18H27FN2/c1-13-12-14(9-10-16(13)19)21-18-8-3-2-6-15(18)17-7-4-5-11-20-17/h9-10,12,15,17-18,20-21H,2-8,11H2,1H3. The highest BCUT2D eigenvalue weighted by molar-refractivity contribution is 5.47. The first-order valence-corrected chi connectivity index (χ1v) is 8.50. The number of rotatable bonds is 3. The average molecular weight is 290 g/mol. The first kappa shape index (κ1) is 14.8. The fourth-order valence-electron chi connectivity index (χ4n) is 4.01. The Bertz CT molecular complexity index is 468. The molecule has 116 valence electrons. The van der Waals surface area contributed by atoms with Gasteiger partial charge in [-0.05, 0) is 68.8 Å². The molecule has 2 nitrogen and oxygen atoms in total. The molecule has 0 spiro atoms. The Balaban J connectivity index is 1.69. The molecule has 2 N–H and O–H groups in total. The lowest BCUT2D eigenvalue weighted by Gasteiger charge is -2.40. The van der Waals surface area contributed by atoms with Crippen molar-refractivity contribution < 1.29 is 4.39 Å². The average Bonchev–Trinajstić information content (AvgIpc) is 2.52. The number of piperidine rings is 1. The minimum Gasteiger partial charge on any atom is -0.382 e.